The smallest absolute Gasteiger partial charge is 0.295 e. The van der Waals surface area contributed by atoms with Crippen LogP contribution in [0.5, 0.6) is 0 Å². The van der Waals surface area contributed by atoms with E-state index in [0.717, 1.165) is 16.8 Å². The summed E-state index contributed by atoms with van der Waals surface area (Å²) in [5.74, 6) is -0.0454. The van der Waals surface area contributed by atoms with Gasteiger partial charge >= 0.3 is 0 Å². The molecular weight excluding hydrogens is 426 g/mol. The number of nitrogens with zero attached hydrogens (tertiary/aromatic N) is 3. The molecule has 0 fully saturated rings. The number of pyridine rings is 1. The first-order valence-corrected chi connectivity index (χ1v) is 10.4. The predicted octanol–water partition coefficient (Wildman–Crippen LogP) is 5.06. The van der Waals surface area contributed by atoms with Crippen molar-refractivity contribution >= 4 is 40.0 Å². The highest BCUT2D eigenvalue weighted by molar-refractivity contribution is 6.32. The molecule has 4 rings (SSSR count). The normalized spacial score (nSPS) is 10.9. The number of carbonyl (C=O) groups is 1. The van der Waals surface area contributed by atoms with Crippen LogP contribution in [-0.2, 0) is 6.54 Å². The van der Waals surface area contributed by atoms with Gasteiger partial charge in [-0.1, -0.05) is 29.8 Å². The molecule has 0 spiro atoms. The molecule has 162 valence electrons. The predicted molar refractivity (Wildman–Crippen MR) is 128 cm³/mol. The van der Waals surface area contributed by atoms with Crippen LogP contribution < -0.4 is 15.2 Å². The Morgan fingerprint density at radius 2 is 1.81 bits per heavy atom. The Bertz CT molecular complexity index is 1330. The van der Waals surface area contributed by atoms with E-state index in [-0.39, 0.29) is 17.7 Å². The van der Waals surface area contributed by atoms with Crippen molar-refractivity contribution in [1.82, 2.24) is 4.98 Å². The SMILES string of the molecule is Cc1cc2oc(C(=O)N(Cc3ccc(N(C)C)cc3)c3ccccn3)cc(=O)c2cc1Cl. The molecule has 32 heavy (non-hydrogen) atoms. The van der Waals surface area contributed by atoms with E-state index in [4.69, 9.17) is 16.0 Å². The number of hydrogen-bond acceptors (Lipinski definition) is 5. The van der Waals surface area contributed by atoms with Gasteiger partial charge in [0.1, 0.15) is 11.4 Å². The van der Waals surface area contributed by atoms with E-state index < -0.39 is 5.91 Å². The van der Waals surface area contributed by atoms with Crippen LogP contribution in [0.1, 0.15) is 21.7 Å². The second-order valence-corrected chi connectivity index (χ2v) is 8.12. The molecular formula is C25H22ClN3O3. The summed E-state index contributed by atoms with van der Waals surface area (Å²) in [6, 6.07) is 17.7. The second kappa shape index (κ2) is 8.85. The highest BCUT2D eigenvalue weighted by atomic mass is 35.5. The molecule has 6 nitrogen and oxygen atoms in total. The van der Waals surface area contributed by atoms with E-state index >= 15 is 0 Å². The van der Waals surface area contributed by atoms with Crippen molar-refractivity contribution < 1.29 is 9.21 Å². The minimum atomic E-state index is -0.452. The van der Waals surface area contributed by atoms with Crippen LogP contribution in [0.3, 0.4) is 0 Å². The molecule has 0 unspecified atom stereocenters. The summed E-state index contributed by atoms with van der Waals surface area (Å²) < 4.78 is 5.85. The van der Waals surface area contributed by atoms with Crippen LogP contribution in [0, 0.1) is 6.92 Å². The maximum absolute atomic E-state index is 13.5. The molecule has 7 heteroatoms. The number of fused-ring (bicyclic) bond motifs is 1. The van der Waals surface area contributed by atoms with Crippen LogP contribution in [0.2, 0.25) is 5.02 Å². The standard InChI is InChI=1S/C25H22ClN3O3/c1-16-12-22-19(13-20(16)26)21(30)14-23(32-22)25(31)29(24-6-4-5-11-27-24)15-17-7-9-18(10-8-17)28(2)3/h4-14H,15H2,1-3H3. The van der Waals surface area contributed by atoms with Crippen LogP contribution >= 0.6 is 11.6 Å². The van der Waals surface area contributed by atoms with Crippen LogP contribution in [0.4, 0.5) is 11.5 Å². The van der Waals surface area contributed by atoms with Gasteiger partial charge < -0.3 is 9.32 Å². The summed E-state index contributed by atoms with van der Waals surface area (Å²) in [7, 11) is 3.94. The number of rotatable bonds is 5. The zero-order valence-corrected chi connectivity index (χ0v) is 18.8. The fourth-order valence-electron chi connectivity index (χ4n) is 3.37. The van der Waals surface area contributed by atoms with Crippen molar-refractivity contribution in [2.24, 2.45) is 0 Å². The first kappa shape index (κ1) is 21.6. The van der Waals surface area contributed by atoms with Gasteiger partial charge in [0.2, 0.25) is 0 Å². The lowest BCUT2D eigenvalue weighted by atomic mass is 10.1. The summed E-state index contributed by atoms with van der Waals surface area (Å²) in [4.78, 5) is 34.0. The third kappa shape index (κ3) is 4.36. The number of hydrogen-bond donors (Lipinski definition) is 0. The van der Waals surface area contributed by atoms with Gasteiger partial charge in [-0.15, -0.1) is 0 Å². The van der Waals surface area contributed by atoms with Crippen LogP contribution in [0.25, 0.3) is 11.0 Å². The Labute approximate surface area is 190 Å². The molecule has 0 aliphatic heterocycles. The summed E-state index contributed by atoms with van der Waals surface area (Å²) in [6.07, 6.45) is 1.62. The van der Waals surface area contributed by atoms with Gasteiger partial charge in [0.15, 0.2) is 11.2 Å². The zero-order valence-electron chi connectivity index (χ0n) is 18.0. The number of halogens is 1. The van der Waals surface area contributed by atoms with Crippen molar-refractivity contribution in [2.45, 2.75) is 13.5 Å². The first-order chi connectivity index (χ1) is 15.3. The molecule has 0 aliphatic rings. The summed E-state index contributed by atoms with van der Waals surface area (Å²) in [5, 5.41) is 0.806. The van der Waals surface area contributed by atoms with Crippen molar-refractivity contribution in [1.29, 1.82) is 0 Å². The van der Waals surface area contributed by atoms with E-state index in [1.54, 1.807) is 36.5 Å². The molecule has 2 aromatic heterocycles. The number of aromatic nitrogens is 1. The van der Waals surface area contributed by atoms with E-state index in [1.165, 1.54) is 11.0 Å². The fourth-order valence-corrected chi connectivity index (χ4v) is 3.53. The molecule has 2 heterocycles. The molecule has 2 aromatic carbocycles. The topological polar surface area (TPSA) is 66.7 Å². The number of amides is 1. The lowest BCUT2D eigenvalue weighted by Gasteiger charge is -2.22. The molecule has 0 bridgehead atoms. The summed E-state index contributed by atoms with van der Waals surface area (Å²) >= 11 is 6.15. The molecule has 0 atom stereocenters. The largest absolute Gasteiger partial charge is 0.451 e. The van der Waals surface area contributed by atoms with Crippen molar-refractivity contribution in [3.63, 3.8) is 0 Å². The number of aryl methyl sites for hydroxylation is 1. The van der Waals surface area contributed by atoms with E-state index in [2.05, 4.69) is 4.98 Å². The summed E-state index contributed by atoms with van der Waals surface area (Å²) in [5.41, 5.74) is 2.72. The second-order valence-electron chi connectivity index (χ2n) is 7.71. The quantitative estimate of drug-likeness (QED) is 0.427. The van der Waals surface area contributed by atoms with Crippen molar-refractivity contribution in [3.8, 4) is 0 Å². The monoisotopic (exact) mass is 447 g/mol. The van der Waals surface area contributed by atoms with Gasteiger partial charge in [-0.25, -0.2) is 4.98 Å². The Morgan fingerprint density at radius 1 is 1.06 bits per heavy atom. The average Bonchev–Trinajstić information content (AvgIpc) is 2.79. The molecule has 0 aliphatic carbocycles. The number of benzene rings is 2. The average molecular weight is 448 g/mol. The highest BCUT2D eigenvalue weighted by Gasteiger charge is 2.23. The molecule has 4 aromatic rings. The Balaban J connectivity index is 1.75. The van der Waals surface area contributed by atoms with Gasteiger partial charge in [0.25, 0.3) is 5.91 Å². The Kier molecular flexibility index (Phi) is 5.97. The van der Waals surface area contributed by atoms with Crippen molar-refractivity contribution in [3.05, 3.63) is 99.0 Å². The molecule has 0 saturated carbocycles. The third-order valence-electron chi connectivity index (χ3n) is 5.18. The molecule has 1 amide bonds. The minimum absolute atomic E-state index is 0.0558. The number of carbonyl (C=O) groups excluding carboxylic acids is 1. The van der Waals surface area contributed by atoms with Gasteiger partial charge in [-0.2, -0.15) is 0 Å². The zero-order chi connectivity index (χ0) is 22.8. The van der Waals surface area contributed by atoms with Gasteiger partial charge in [-0.05, 0) is 54.4 Å². The Morgan fingerprint density at radius 3 is 2.47 bits per heavy atom. The first-order valence-electron chi connectivity index (χ1n) is 10.1. The summed E-state index contributed by atoms with van der Waals surface area (Å²) in [6.45, 7) is 2.08. The highest BCUT2D eigenvalue weighted by Crippen LogP contribution is 2.24. The maximum Gasteiger partial charge on any atom is 0.295 e. The van der Waals surface area contributed by atoms with Gasteiger partial charge in [0, 0.05) is 37.1 Å². The van der Waals surface area contributed by atoms with E-state index in [1.807, 2.05) is 50.2 Å². The van der Waals surface area contributed by atoms with Crippen LogP contribution in [0.15, 0.2) is 76.1 Å². The molecule has 0 radical (unpaired) electrons. The number of anilines is 2. The van der Waals surface area contributed by atoms with Gasteiger partial charge in [0.05, 0.1) is 11.9 Å². The lowest BCUT2D eigenvalue weighted by molar-refractivity contribution is 0.0958. The minimum Gasteiger partial charge on any atom is -0.451 e. The molecule has 0 saturated heterocycles. The van der Waals surface area contributed by atoms with E-state index in [9.17, 15) is 9.59 Å². The van der Waals surface area contributed by atoms with Crippen LogP contribution in [-0.4, -0.2) is 25.0 Å². The Hall–Kier alpha value is -3.64. The third-order valence-corrected chi connectivity index (χ3v) is 5.59. The van der Waals surface area contributed by atoms with E-state index in [0.29, 0.717) is 21.8 Å². The lowest BCUT2D eigenvalue weighted by Crippen LogP contribution is -2.31. The fraction of sp³-hybridized carbons (Fsp3) is 0.160. The maximum atomic E-state index is 13.5. The van der Waals surface area contributed by atoms with Gasteiger partial charge in [-0.3, -0.25) is 14.5 Å². The van der Waals surface area contributed by atoms with Crippen molar-refractivity contribution in [2.75, 3.05) is 23.9 Å². The molecule has 0 N–H and O–H groups in total.